The van der Waals surface area contributed by atoms with Crippen molar-refractivity contribution in [3.63, 3.8) is 0 Å². The Kier molecular flexibility index (Phi) is 3.88. The third-order valence-corrected chi connectivity index (χ3v) is 3.23. The third kappa shape index (κ3) is 3.03. The van der Waals surface area contributed by atoms with Crippen LogP contribution in [0, 0.1) is 5.92 Å². The van der Waals surface area contributed by atoms with Crippen LogP contribution in [-0.4, -0.2) is 35.2 Å². The molecular weight excluding hydrogens is 174 g/mol. The average Bonchev–Trinajstić information content (AvgIpc) is 2.51. The highest BCUT2D eigenvalue weighted by atomic mass is 32.2. The summed E-state index contributed by atoms with van der Waals surface area (Å²) in [4.78, 5) is 10.5. The number of hydrogen-bond donors (Lipinski definition) is 2. The van der Waals surface area contributed by atoms with Crippen LogP contribution in [0.2, 0.25) is 0 Å². The van der Waals surface area contributed by atoms with E-state index in [1.165, 1.54) is 12.2 Å². The van der Waals surface area contributed by atoms with Gasteiger partial charge in [-0.25, -0.2) is 0 Å². The minimum Gasteiger partial charge on any atom is -0.481 e. The Labute approximate surface area is 76.9 Å². The molecule has 1 heterocycles. The molecule has 0 spiro atoms. The molecule has 1 aliphatic heterocycles. The summed E-state index contributed by atoms with van der Waals surface area (Å²) in [6.07, 6.45) is 1.18. The first-order chi connectivity index (χ1) is 5.70. The minimum atomic E-state index is -0.715. The molecule has 0 amide bonds. The zero-order chi connectivity index (χ0) is 8.97. The van der Waals surface area contributed by atoms with Gasteiger partial charge in [-0.05, 0) is 12.2 Å². The molecule has 1 fully saturated rings. The van der Waals surface area contributed by atoms with Crippen molar-refractivity contribution in [2.45, 2.75) is 19.4 Å². The molecule has 2 atom stereocenters. The Bertz CT molecular complexity index is 157. The molecular formula is C8H15NO2S. The molecule has 1 aliphatic rings. The van der Waals surface area contributed by atoms with E-state index in [0.29, 0.717) is 12.6 Å². The van der Waals surface area contributed by atoms with Crippen molar-refractivity contribution in [3.05, 3.63) is 0 Å². The highest BCUT2D eigenvalue weighted by molar-refractivity contribution is 7.99. The summed E-state index contributed by atoms with van der Waals surface area (Å²) in [5.41, 5.74) is 0. The van der Waals surface area contributed by atoms with Gasteiger partial charge in [-0.1, -0.05) is 6.92 Å². The number of thioether (sulfide) groups is 1. The second-order valence-corrected chi connectivity index (χ2v) is 4.36. The SMILES string of the molecule is CC(CNC1CCSC1)C(=O)O. The summed E-state index contributed by atoms with van der Waals surface area (Å²) < 4.78 is 0. The lowest BCUT2D eigenvalue weighted by Crippen LogP contribution is -2.34. The molecule has 1 rings (SSSR count). The Morgan fingerprint density at radius 3 is 3.08 bits per heavy atom. The summed E-state index contributed by atoms with van der Waals surface area (Å²) in [6, 6.07) is 0.539. The fourth-order valence-corrected chi connectivity index (χ4v) is 2.31. The number of hydrogen-bond acceptors (Lipinski definition) is 3. The number of rotatable bonds is 4. The van der Waals surface area contributed by atoms with Crippen molar-refractivity contribution in [1.29, 1.82) is 0 Å². The van der Waals surface area contributed by atoms with E-state index in [4.69, 9.17) is 5.11 Å². The first-order valence-electron chi connectivity index (χ1n) is 4.24. The maximum atomic E-state index is 10.5. The van der Waals surface area contributed by atoms with Crippen LogP contribution < -0.4 is 5.32 Å². The van der Waals surface area contributed by atoms with Gasteiger partial charge in [-0.15, -0.1) is 0 Å². The fraction of sp³-hybridized carbons (Fsp3) is 0.875. The van der Waals surface area contributed by atoms with Gasteiger partial charge in [0, 0.05) is 18.3 Å². The predicted molar refractivity (Wildman–Crippen MR) is 50.5 cm³/mol. The number of carbonyl (C=O) groups is 1. The van der Waals surface area contributed by atoms with Gasteiger partial charge in [0.05, 0.1) is 5.92 Å². The lowest BCUT2D eigenvalue weighted by atomic mass is 10.1. The molecule has 1 saturated heterocycles. The average molecular weight is 189 g/mol. The lowest BCUT2D eigenvalue weighted by Gasteiger charge is -2.12. The van der Waals surface area contributed by atoms with Crippen LogP contribution in [0.1, 0.15) is 13.3 Å². The van der Waals surface area contributed by atoms with Crippen LogP contribution in [0.25, 0.3) is 0 Å². The van der Waals surface area contributed by atoms with Gasteiger partial charge < -0.3 is 10.4 Å². The maximum absolute atomic E-state index is 10.5. The van der Waals surface area contributed by atoms with Gasteiger partial charge >= 0.3 is 5.97 Å². The lowest BCUT2D eigenvalue weighted by molar-refractivity contribution is -0.140. The Morgan fingerprint density at radius 2 is 2.58 bits per heavy atom. The first-order valence-corrected chi connectivity index (χ1v) is 5.39. The van der Waals surface area contributed by atoms with Crippen molar-refractivity contribution in [1.82, 2.24) is 5.32 Å². The van der Waals surface area contributed by atoms with Crippen molar-refractivity contribution in [2.75, 3.05) is 18.1 Å². The van der Waals surface area contributed by atoms with Crippen molar-refractivity contribution in [2.24, 2.45) is 5.92 Å². The highest BCUT2D eigenvalue weighted by Crippen LogP contribution is 2.16. The first kappa shape index (κ1) is 9.86. The quantitative estimate of drug-likeness (QED) is 0.687. The zero-order valence-electron chi connectivity index (χ0n) is 7.25. The fourth-order valence-electron chi connectivity index (χ4n) is 1.13. The van der Waals surface area contributed by atoms with Crippen molar-refractivity contribution in [3.8, 4) is 0 Å². The van der Waals surface area contributed by atoms with Crippen LogP contribution in [-0.2, 0) is 4.79 Å². The van der Waals surface area contributed by atoms with E-state index in [1.54, 1.807) is 6.92 Å². The summed E-state index contributed by atoms with van der Waals surface area (Å²) in [7, 11) is 0. The van der Waals surface area contributed by atoms with E-state index in [2.05, 4.69) is 5.32 Å². The maximum Gasteiger partial charge on any atom is 0.307 e. The van der Waals surface area contributed by atoms with Crippen LogP contribution in [0.4, 0.5) is 0 Å². The van der Waals surface area contributed by atoms with Gasteiger partial charge in [0.1, 0.15) is 0 Å². The number of carboxylic acids is 1. The van der Waals surface area contributed by atoms with Gasteiger partial charge in [0.25, 0.3) is 0 Å². The molecule has 0 aromatic heterocycles. The topological polar surface area (TPSA) is 49.3 Å². The normalized spacial score (nSPS) is 25.6. The van der Waals surface area contributed by atoms with Crippen LogP contribution in [0.3, 0.4) is 0 Å². The van der Waals surface area contributed by atoms with Crippen molar-refractivity contribution >= 4 is 17.7 Å². The molecule has 0 aliphatic carbocycles. The molecule has 4 heteroatoms. The Hall–Kier alpha value is -0.220. The van der Waals surface area contributed by atoms with Gasteiger partial charge in [0.15, 0.2) is 0 Å². The summed E-state index contributed by atoms with van der Waals surface area (Å²) in [5.74, 6) is 1.36. The molecule has 0 aromatic rings. The number of nitrogens with one attached hydrogen (secondary N) is 1. The van der Waals surface area contributed by atoms with Gasteiger partial charge in [-0.3, -0.25) is 4.79 Å². The molecule has 0 bridgehead atoms. The van der Waals surface area contributed by atoms with Crippen LogP contribution in [0.15, 0.2) is 0 Å². The monoisotopic (exact) mass is 189 g/mol. The van der Waals surface area contributed by atoms with E-state index >= 15 is 0 Å². The highest BCUT2D eigenvalue weighted by Gasteiger charge is 2.17. The number of carboxylic acid groups (broad SMARTS) is 1. The number of aliphatic carboxylic acids is 1. The summed E-state index contributed by atoms with van der Waals surface area (Å²) in [6.45, 7) is 2.33. The molecule has 0 saturated carbocycles. The molecule has 2 N–H and O–H groups in total. The molecule has 0 radical (unpaired) electrons. The van der Waals surface area contributed by atoms with E-state index in [-0.39, 0.29) is 5.92 Å². The van der Waals surface area contributed by atoms with Crippen LogP contribution in [0.5, 0.6) is 0 Å². The summed E-state index contributed by atoms with van der Waals surface area (Å²) in [5, 5.41) is 11.9. The zero-order valence-corrected chi connectivity index (χ0v) is 8.06. The largest absolute Gasteiger partial charge is 0.481 e. The second kappa shape index (κ2) is 4.72. The predicted octanol–water partition coefficient (Wildman–Crippen LogP) is 0.802. The van der Waals surface area contributed by atoms with E-state index < -0.39 is 5.97 Å². The Morgan fingerprint density at radius 1 is 1.83 bits per heavy atom. The molecule has 2 unspecified atom stereocenters. The molecule has 70 valence electrons. The molecule has 12 heavy (non-hydrogen) atoms. The van der Waals surface area contributed by atoms with Gasteiger partial charge in [0.2, 0.25) is 0 Å². The smallest absolute Gasteiger partial charge is 0.307 e. The molecule has 0 aromatic carbocycles. The van der Waals surface area contributed by atoms with Gasteiger partial charge in [-0.2, -0.15) is 11.8 Å². The Balaban J connectivity index is 2.11. The molecule has 3 nitrogen and oxygen atoms in total. The second-order valence-electron chi connectivity index (χ2n) is 3.21. The third-order valence-electron chi connectivity index (χ3n) is 2.06. The standard InChI is InChI=1S/C8H15NO2S/c1-6(8(10)11)4-9-7-2-3-12-5-7/h6-7,9H,2-5H2,1H3,(H,10,11). The van der Waals surface area contributed by atoms with E-state index in [1.807, 2.05) is 11.8 Å². The van der Waals surface area contributed by atoms with Crippen LogP contribution >= 0.6 is 11.8 Å². The summed E-state index contributed by atoms with van der Waals surface area (Å²) >= 11 is 1.93. The van der Waals surface area contributed by atoms with Crippen molar-refractivity contribution < 1.29 is 9.90 Å². The van der Waals surface area contributed by atoms with E-state index in [9.17, 15) is 4.79 Å². The minimum absolute atomic E-state index is 0.268. The van der Waals surface area contributed by atoms with E-state index in [0.717, 1.165) is 5.75 Å².